The zero-order valence-electron chi connectivity index (χ0n) is 17.9. The number of hydrogen-bond acceptors (Lipinski definition) is 3. The van der Waals surface area contributed by atoms with Crippen LogP contribution in [0.4, 0.5) is 0 Å². The fourth-order valence-corrected chi connectivity index (χ4v) is 4.93. The van der Waals surface area contributed by atoms with Crippen molar-refractivity contribution in [3.63, 3.8) is 0 Å². The summed E-state index contributed by atoms with van der Waals surface area (Å²) in [6.45, 7) is 1.79. The number of ketones is 1. The van der Waals surface area contributed by atoms with Gasteiger partial charge in [-0.05, 0) is 55.7 Å². The third kappa shape index (κ3) is 5.24. The van der Waals surface area contributed by atoms with Crippen molar-refractivity contribution in [1.82, 2.24) is 10.3 Å². The number of carbonyl (C=O) groups is 2. The van der Waals surface area contributed by atoms with E-state index in [1.807, 2.05) is 24.4 Å². The van der Waals surface area contributed by atoms with E-state index in [4.69, 9.17) is 11.6 Å². The van der Waals surface area contributed by atoms with E-state index in [1.54, 1.807) is 6.92 Å². The number of allylic oxidation sites excluding steroid dienone is 1. The number of hydrogen-bond donors (Lipinski definition) is 1. The number of benzene rings is 1. The number of nitrogens with zero attached hydrogens (tertiary/aromatic N) is 1. The van der Waals surface area contributed by atoms with Gasteiger partial charge in [0.2, 0.25) is 5.91 Å². The molecular formula is C26H29ClN2O2. The van der Waals surface area contributed by atoms with Gasteiger partial charge in [0.05, 0.1) is 11.7 Å². The summed E-state index contributed by atoms with van der Waals surface area (Å²) >= 11 is 6.21. The number of carbonyl (C=O) groups excluding carboxylic acids is 2. The average Bonchev–Trinajstić information content (AvgIpc) is 3.18. The first-order valence-corrected chi connectivity index (χ1v) is 11.6. The maximum atomic E-state index is 12.8. The Morgan fingerprint density at radius 1 is 1.23 bits per heavy atom. The molecule has 162 valence electrons. The van der Waals surface area contributed by atoms with Gasteiger partial charge in [-0.2, -0.15) is 0 Å². The molecule has 2 aliphatic carbocycles. The Hall–Kier alpha value is -2.46. The van der Waals surface area contributed by atoms with Crippen LogP contribution < -0.4 is 5.32 Å². The molecule has 1 aromatic heterocycles. The van der Waals surface area contributed by atoms with Crippen molar-refractivity contribution in [2.24, 2.45) is 5.92 Å². The lowest BCUT2D eigenvalue weighted by Gasteiger charge is -2.29. The first kappa shape index (κ1) is 21.8. The molecule has 1 heterocycles. The standard InChI is InChI=1S/C26H29ClN2O2/c1-17(25(30)13-10-18-14-22-23(27)11-12-24(22)28-16-18)29-26(31)21-9-5-8-20(15-21)19-6-3-2-4-7-19/h2-4,6-7,11,14,16-17,20-21H,5,8-10,12-13,15H2,1H3,(H,29,31)/t17-,20-,21+/m0/s1. The van der Waals surface area contributed by atoms with E-state index < -0.39 is 6.04 Å². The highest BCUT2D eigenvalue weighted by atomic mass is 35.5. The van der Waals surface area contributed by atoms with Crippen molar-refractivity contribution in [2.45, 2.75) is 63.8 Å². The van der Waals surface area contributed by atoms with Gasteiger partial charge in [0.25, 0.3) is 0 Å². The Labute approximate surface area is 189 Å². The lowest BCUT2D eigenvalue weighted by molar-refractivity contribution is -0.130. The average molecular weight is 437 g/mol. The van der Waals surface area contributed by atoms with Crippen molar-refractivity contribution in [3.05, 3.63) is 71.1 Å². The van der Waals surface area contributed by atoms with E-state index in [2.05, 4.69) is 34.6 Å². The van der Waals surface area contributed by atoms with E-state index in [0.29, 0.717) is 18.8 Å². The SMILES string of the molecule is C[C@H](NC(=O)[C@@H]1CCC[C@H](c2ccccc2)C1)C(=O)CCc1cnc2c(c1)C(Cl)=CC2. The summed E-state index contributed by atoms with van der Waals surface area (Å²) in [5, 5.41) is 3.71. The van der Waals surface area contributed by atoms with Gasteiger partial charge in [-0.3, -0.25) is 14.6 Å². The topological polar surface area (TPSA) is 59.1 Å². The molecule has 0 bridgehead atoms. The number of amides is 1. The van der Waals surface area contributed by atoms with E-state index in [0.717, 1.165) is 54.0 Å². The quantitative estimate of drug-likeness (QED) is 0.649. The number of nitrogens with one attached hydrogen (secondary N) is 1. The second-order valence-corrected chi connectivity index (χ2v) is 9.17. The maximum Gasteiger partial charge on any atom is 0.223 e. The molecule has 1 saturated carbocycles. The first-order valence-electron chi connectivity index (χ1n) is 11.2. The molecule has 1 N–H and O–H groups in total. The molecule has 0 unspecified atom stereocenters. The van der Waals surface area contributed by atoms with Crippen LogP contribution in [0.5, 0.6) is 0 Å². The highest BCUT2D eigenvalue weighted by molar-refractivity contribution is 6.49. The van der Waals surface area contributed by atoms with Crippen LogP contribution in [0.2, 0.25) is 0 Å². The zero-order valence-corrected chi connectivity index (χ0v) is 18.7. The van der Waals surface area contributed by atoms with E-state index in [1.165, 1.54) is 5.56 Å². The van der Waals surface area contributed by atoms with Crippen LogP contribution in [0.3, 0.4) is 0 Å². The maximum absolute atomic E-state index is 12.8. The molecule has 1 fully saturated rings. The Bertz CT molecular complexity index is 986. The third-order valence-corrected chi connectivity index (χ3v) is 6.93. The smallest absolute Gasteiger partial charge is 0.223 e. The zero-order chi connectivity index (χ0) is 21.8. The second-order valence-electron chi connectivity index (χ2n) is 8.76. The monoisotopic (exact) mass is 436 g/mol. The van der Waals surface area contributed by atoms with E-state index in [9.17, 15) is 9.59 Å². The molecule has 4 nitrogen and oxygen atoms in total. The normalized spacial score (nSPS) is 21.2. The molecule has 5 heteroatoms. The van der Waals surface area contributed by atoms with Crippen LogP contribution >= 0.6 is 11.6 Å². The van der Waals surface area contributed by atoms with E-state index in [-0.39, 0.29) is 17.6 Å². The summed E-state index contributed by atoms with van der Waals surface area (Å²) in [4.78, 5) is 29.9. The van der Waals surface area contributed by atoms with Crippen LogP contribution in [-0.4, -0.2) is 22.7 Å². The Morgan fingerprint density at radius 3 is 2.84 bits per heavy atom. The molecule has 0 spiro atoms. The van der Waals surface area contributed by atoms with Crippen molar-refractivity contribution in [1.29, 1.82) is 0 Å². The number of Topliss-reactive ketones (excluding diaryl/α,β-unsaturated/α-hetero) is 1. The van der Waals surface area contributed by atoms with Gasteiger partial charge in [-0.1, -0.05) is 54.4 Å². The molecule has 4 rings (SSSR count). The predicted octanol–water partition coefficient (Wildman–Crippen LogP) is 5.20. The number of pyridine rings is 1. The molecule has 2 aromatic rings. The van der Waals surface area contributed by atoms with Crippen molar-refractivity contribution in [3.8, 4) is 0 Å². The van der Waals surface area contributed by atoms with Gasteiger partial charge in [-0.15, -0.1) is 0 Å². The van der Waals surface area contributed by atoms with Gasteiger partial charge in [-0.25, -0.2) is 0 Å². The number of fused-ring (bicyclic) bond motifs is 1. The summed E-state index contributed by atoms with van der Waals surface area (Å²) in [6.07, 6.45) is 9.44. The Morgan fingerprint density at radius 2 is 2.03 bits per heavy atom. The lowest BCUT2D eigenvalue weighted by atomic mass is 9.77. The number of aromatic nitrogens is 1. The molecule has 2 aliphatic rings. The van der Waals surface area contributed by atoms with Crippen molar-refractivity contribution >= 4 is 28.3 Å². The van der Waals surface area contributed by atoms with Crippen LogP contribution in [0, 0.1) is 5.92 Å². The molecule has 0 aliphatic heterocycles. The fourth-order valence-electron chi connectivity index (χ4n) is 4.69. The summed E-state index contributed by atoms with van der Waals surface area (Å²) in [5.74, 6) is 0.456. The summed E-state index contributed by atoms with van der Waals surface area (Å²) < 4.78 is 0. The molecule has 3 atom stereocenters. The van der Waals surface area contributed by atoms with Gasteiger partial charge in [0, 0.05) is 35.6 Å². The van der Waals surface area contributed by atoms with Gasteiger partial charge in [0.15, 0.2) is 5.78 Å². The Balaban J connectivity index is 1.28. The summed E-state index contributed by atoms with van der Waals surface area (Å²) in [7, 11) is 0. The van der Waals surface area contributed by atoms with Crippen LogP contribution in [0.1, 0.15) is 67.3 Å². The fraction of sp³-hybridized carbons (Fsp3) is 0.423. The number of aryl methyl sites for hydroxylation is 1. The first-order chi connectivity index (χ1) is 15.0. The molecule has 0 radical (unpaired) electrons. The number of halogens is 1. The van der Waals surface area contributed by atoms with Crippen LogP contribution in [0.15, 0.2) is 48.7 Å². The third-order valence-electron chi connectivity index (χ3n) is 6.58. The molecular weight excluding hydrogens is 408 g/mol. The van der Waals surface area contributed by atoms with Gasteiger partial charge in [0.1, 0.15) is 0 Å². The van der Waals surface area contributed by atoms with Crippen molar-refractivity contribution in [2.75, 3.05) is 0 Å². The van der Waals surface area contributed by atoms with E-state index >= 15 is 0 Å². The highest BCUT2D eigenvalue weighted by Gasteiger charge is 2.29. The van der Waals surface area contributed by atoms with Crippen molar-refractivity contribution < 1.29 is 9.59 Å². The molecule has 31 heavy (non-hydrogen) atoms. The predicted molar refractivity (Wildman–Crippen MR) is 124 cm³/mol. The minimum atomic E-state index is -0.476. The highest BCUT2D eigenvalue weighted by Crippen LogP contribution is 2.36. The van der Waals surface area contributed by atoms with Gasteiger partial charge < -0.3 is 5.32 Å². The molecule has 0 saturated heterocycles. The lowest BCUT2D eigenvalue weighted by Crippen LogP contribution is -2.42. The van der Waals surface area contributed by atoms with Crippen LogP contribution in [0.25, 0.3) is 5.03 Å². The molecule has 1 aromatic carbocycles. The summed E-state index contributed by atoms with van der Waals surface area (Å²) in [5.41, 5.74) is 4.26. The molecule has 1 amide bonds. The minimum absolute atomic E-state index is 0.0117. The Kier molecular flexibility index (Phi) is 6.86. The number of rotatable bonds is 7. The second kappa shape index (κ2) is 9.78. The van der Waals surface area contributed by atoms with Crippen LogP contribution in [-0.2, 0) is 22.4 Å². The van der Waals surface area contributed by atoms with Gasteiger partial charge >= 0.3 is 0 Å². The minimum Gasteiger partial charge on any atom is -0.346 e. The summed E-state index contributed by atoms with van der Waals surface area (Å²) in [6, 6.07) is 12.0. The largest absolute Gasteiger partial charge is 0.346 e.